The zero-order valence-corrected chi connectivity index (χ0v) is 24.3. The van der Waals surface area contributed by atoms with E-state index in [4.69, 9.17) is 19.6 Å². The summed E-state index contributed by atoms with van der Waals surface area (Å²) in [6.07, 6.45) is 2.65. The van der Waals surface area contributed by atoms with Crippen LogP contribution in [0.3, 0.4) is 0 Å². The molecule has 1 fully saturated rings. The number of aliphatic imine (C=N–C) groups is 1. The Kier molecular flexibility index (Phi) is 9.56. The number of hydrogen-bond acceptors (Lipinski definition) is 8. The van der Waals surface area contributed by atoms with Gasteiger partial charge in [0.05, 0.1) is 17.3 Å². The van der Waals surface area contributed by atoms with Crippen molar-refractivity contribution in [3.8, 4) is 5.75 Å². The lowest BCUT2D eigenvalue weighted by Crippen LogP contribution is -2.55. The molecule has 3 aromatic carbocycles. The van der Waals surface area contributed by atoms with Crippen LogP contribution in [0.15, 0.2) is 94.8 Å². The second-order valence-corrected chi connectivity index (χ2v) is 12.7. The number of sulfone groups is 1. The normalized spacial score (nSPS) is 20.9. The number of ether oxygens (including phenoxy) is 2. The molecule has 222 valence electrons. The topological polar surface area (TPSA) is 118 Å². The number of benzene rings is 3. The van der Waals surface area contributed by atoms with E-state index in [9.17, 15) is 13.2 Å². The highest BCUT2D eigenvalue weighted by molar-refractivity contribution is 7.91. The fourth-order valence-corrected chi connectivity index (χ4v) is 6.67. The number of rotatable bonds is 12. The molecule has 0 radical (unpaired) electrons. The van der Waals surface area contributed by atoms with E-state index < -0.39 is 21.5 Å². The van der Waals surface area contributed by atoms with Crippen LogP contribution >= 0.6 is 0 Å². The third-order valence-corrected chi connectivity index (χ3v) is 9.33. The van der Waals surface area contributed by atoms with Gasteiger partial charge >= 0.3 is 0 Å². The van der Waals surface area contributed by atoms with Gasteiger partial charge in [0.2, 0.25) is 5.90 Å². The van der Waals surface area contributed by atoms with E-state index in [0.29, 0.717) is 24.3 Å². The molecule has 2 aliphatic rings. The molecule has 3 aromatic rings. The third kappa shape index (κ3) is 6.83. The molecule has 1 saturated heterocycles. The van der Waals surface area contributed by atoms with E-state index in [0.717, 1.165) is 37.9 Å². The first-order valence-corrected chi connectivity index (χ1v) is 16.1. The molecule has 0 saturated carbocycles. The maximum absolute atomic E-state index is 14.3. The van der Waals surface area contributed by atoms with Crippen molar-refractivity contribution in [2.75, 3.05) is 32.1 Å². The molecule has 0 aliphatic carbocycles. The Morgan fingerprint density at radius 2 is 1.64 bits per heavy atom. The minimum Gasteiger partial charge on any atom is -0.494 e. The largest absolute Gasteiger partial charge is 0.494 e. The van der Waals surface area contributed by atoms with Crippen LogP contribution in [0.5, 0.6) is 5.75 Å². The highest BCUT2D eigenvalue weighted by Crippen LogP contribution is 2.43. The number of aliphatic hydroxyl groups excluding tert-OH is 1. The summed E-state index contributed by atoms with van der Waals surface area (Å²) < 4.78 is 39.0. The molecule has 0 aromatic heterocycles. The molecule has 0 spiro atoms. The minimum absolute atomic E-state index is 0.0468. The summed E-state index contributed by atoms with van der Waals surface area (Å²) in [5, 5.41) is 10.9. The van der Waals surface area contributed by atoms with Crippen molar-refractivity contribution in [2.45, 2.75) is 48.6 Å². The maximum atomic E-state index is 14.3. The van der Waals surface area contributed by atoms with Crippen LogP contribution in [0.1, 0.15) is 49.3 Å². The zero-order chi connectivity index (χ0) is 29.4. The van der Waals surface area contributed by atoms with Crippen LogP contribution in [0, 0.1) is 0 Å². The number of aliphatic hydroxyl groups is 1. The van der Waals surface area contributed by atoms with Gasteiger partial charge in [-0.05, 0) is 54.8 Å². The van der Waals surface area contributed by atoms with E-state index >= 15 is 0 Å². The molecular formula is C32H37N3O6S. The summed E-state index contributed by atoms with van der Waals surface area (Å²) in [6.45, 7) is 1.87. The average Bonchev–Trinajstić information content (AvgIpc) is 3.43. The summed E-state index contributed by atoms with van der Waals surface area (Å²) in [5.74, 6) is 0.219. The highest BCUT2D eigenvalue weighted by atomic mass is 32.2. The number of carbonyl (C=O) groups is 1. The van der Waals surface area contributed by atoms with Gasteiger partial charge in [0.1, 0.15) is 5.75 Å². The molecule has 10 heteroatoms. The van der Waals surface area contributed by atoms with Gasteiger partial charge in [-0.1, -0.05) is 55.0 Å². The van der Waals surface area contributed by atoms with Crippen LogP contribution in [-0.2, 0) is 19.4 Å². The summed E-state index contributed by atoms with van der Waals surface area (Å²) in [5.41, 5.74) is 2.89. The van der Waals surface area contributed by atoms with Gasteiger partial charge in [0, 0.05) is 38.1 Å². The number of nitrogens with zero attached hydrogens (tertiary/aromatic N) is 2. The van der Waals surface area contributed by atoms with Crippen molar-refractivity contribution in [1.29, 1.82) is 0 Å². The predicted octanol–water partition coefficient (Wildman–Crippen LogP) is 4.09. The van der Waals surface area contributed by atoms with E-state index in [2.05, 4.69) is 5.43 Å². The average molecular weight is 592 g/mol. The third-order valence-electron chi connectivity index (χ3n) is 7.60. The Morgan fingerprint density at radius 1 is 0.976 bits per heavy atom. The summed E-state index contributed by atoms with van der Waals surface area (Å²) in [4.78, 5) is 19.4. The Labute approximate surface area is 247 Å². The number of hydrazine groups is 1. The fourth-order valence-electron chi connectivity index (χ4n) is 5.28. The van der Waals surface area contributed by atoms with Gasteiger partial charge in [-0.15, -0.1) is 0 Å². The van der Waals surface area contributed by atoms with Crippen molar-refractivity contribution in [1.82, 2.24) is 10.4 Å². The maximum Gasteiger partial charge on any atom is 0.266 e. The van der Waals surface area contributed by atoms with Gasteiger partial charge < -0.3 is 14.6 Å². The summed E-state index contributed by atoms with van der Waals surface area (Å²) >= 11 is 0. The van der Waals surface area contributed by atoms with Crippen molar-refractivity contribution in [3.63, 3.8) is 0 Å². The quantitative estimate of drug-likeness (QED) is 0.305. The number of amides is 1. The summed E-state index contributed by atoms with van der Waals surface area (Å²) in [7, 11) is -3.71. The van der Waals surface area contributed by atoms with Gasteiger partial charge in [0.25, 0.3) is 5.91 Å². The van der Waals surface area contributed by atoms with E-state index in [1.807, 2.05) is 35.3 Å². The van der Waals surface area contributed by atoms with Crippen LogP contribution < -0.4 is 10.2 Å². The van der Waals surface area contributed by atoms with Gasteiger partial charge in [-0.2, -0.15) is 0 Å². The van der Waals surface area contributed by atoms with Crippen LogP contribution in [0.25, 0.3) is 0 Å². The van der Waals surface area contributed by atoms with Gasteiger partial charge in [-0.3, -0.25) is 10.2 Å². The van der Waals surface area contributed by atoms with Gasteiger partial charge in [0.15, 0.2) is 21.5 Å². The van der Waals surface area contributed by atoms with Crippen molar-refractivity contribution in [2.24, 2.45) is 4.99 Å². The molecular weight excluding hydrogens is 554 g/mol. The molecule has 42 heavy (non-hydrogen) atoms. The molecule has 2 atom stereocenters. The Morgan fingerprint density at radius 3 is 2.31 bits per heavy atom. The summed E-state index contributed by atoms with van der Waals surface area (Å²) in [6, 6.07) is 24.8. The molecule has 2 N–H and O–H groups in total. The molecule has 2 heterocycles. The second kappa shape index (κ2) is 13.5. The molecule has 5 rings (SSSR count). The standard InChI is InChI=1S/C32H37N3O6S/c36-22-10-23-40-27-17-15-26(16-18-27)30-33-32(29(41-30)25-11-4-1-5-12-25,31(37)34-35-20-8-3-9-21-35)19-24-42(38,39)28-13-6-2-7-14-28/h1-2,4-7,11-18,29,36H,3,8-10,19-24H2,(H,34,37)/t29-,32-/m0/s1. The van der Waals surface area contributed by atoms with Crippen LogP contribution in [0.4, 0.5) is 0 Å². The molecule has 0 bridgehead atoms. The van der Waals surface area contributed by atoms with Crippen molar-refractivity contribution in [3.05, 3.63) is 96.1 Å². The molecule has 0 unspecified atom stereocenters. The predicted molar refractivity (Wildman–Crippen MR) is 160 cm³/mol. The van der Waals surface area contributed by atoms with Gasteiger partial charge in [-0.25, -0.2) is 18.4 Å². The Bertz CT molecular complexity index is 1460. The molecule has 2 aliphatic heterocycles. The lowest BCUT2D eigenvalue weighted by atomic mass is 9.85. The Hall–Kier alpha value is -3.73. The Balaban J connectivity index is 1.52. The second-order valence-electron chi connectivity index (χ2n) is 10.6. The first-order chi connectivity index (χ1) is 20.4. The zero-order valence-electron chi connectivity index (χ0n) is 23.5. The van der Waals surface area contributed by atoms with E-state index in [-0.39, 0.29) is 35.5 Å². The number of hydrogen-bond donors (Lipinski definition) is 2. The SMILES string of the molecule is O=C(NN1CCCCC1)[C@@]1(CCS(=O)(=O)c2ccccc2)N=C(c2ccc(OCCCO)cc2)O[C@H]1c1ccccc1. The van der Waals surface area contributed by atoms with Crippen LogP contribution in [0.2, 0.25) is 0 Å². The van der Waals surface area contributed by atoms with E-state index in [1.165, 1.54) is 0 Å². The molecule has 1 amide bonds. The monoisotopic (exact) mass is 591 g/mol. The lowest BCUT2D eigenvalue weighted by Gasteiger charge is -2.34. The number of nitrogens with one attached hydrogen (secondary N) is 1. The smallest absolute Gasteiger partial charge is 0.266 e. The first-order valence-electron chi connectivity index (χ1n) is 14.4. The minimum atomic E-state index is -3.71. The fraction of sp³-hybridized carbons (Fsp3) is 0.375. The number of carbonyl (C=O) groups excluding carboxylic acids is 1. The number of piperidine rings is 1. The lowest BCUT2D eigenvalue weighted by molar-refractivity contribution is -0.134. The van der Waals surface area contributed by atoms with Crippen molar-refractivity contribution < 1.29 is 27.8 Å². The van der Waals surface area contributed by atoms with Crippen LogP contribution in [-0.4, -0.2) is 67.9 Å². The molecule has 9 nitrogen and oxygen atoms in total. The van der Waals surface area contributed by atoms with E-state index in [1.54, 1.807) is 54.6 Å². The first kappa shape index (κ1) is 29.8. The van der Waals surface area contributed by atoms with Crippen molar-refractivity contribution >= 4 is 21.6 Å². The highest BCUT2D eigenvalue weighted by Gasteiger charge is 2.54.